The van der Waals surface area contributed by atoms with Crippen LogP contribution in [0.15, 0.2) is 53.4 Å². The number of hydrogen-bond donors (Lipinski definition) is 1. The van der Waals surface area contributed by atoms with E-state index in [2.05, 4.69) is 9.82 Å². The number of anilines is 1. The van der Waals surface area contributed by atoms with Gasteiger partial charge in [0.1, 0.15) is 10.7 Å². The van der Waals surface area contributed by atoms with E-state index in [1.54, 1.807) is 42.8 Å². The minimum Gasteiger partial charge on any atom is -0.276 e. The molecule has 0 saturated heterocycles. The van der Waals surface area contributed by atoms with E-state index >= 15 is 0 Å². The maximum atomic E-state index is 13.4. The zero-order chi connectivity index (χ0) is 18.9. The minimum atomic E-state index is -3.85. The summed E-state index contributed by atoms with van der Waals surface area (Å²) in [6, 6.07) is 12.4. The fourth-order valence-electron chi connectivity index (χ4n) is 2.66. The van der Waals surface area contributed by atoms with E-state index in [1.807, 2.05) is 0 Å². The summed E-state index contributed by atoms with van der Waals surface area (Å²) in [7, 11) is -3.85. The molecule has 1 heterocycles. The van der Waals surface area contributed by atoms with Crippen LogP contribution in [0.5, 0.6) is 0 Å². The van der Waals surface area contributed by atoms with Crippen molar-refractivity contribution in [1.82, 2.24) is 9.78 Å². The van der Waals surface area contributed by atoms with Crippen LogP contribution in [0.4, 0.5) is 10.1 Å². The van der Waals surface area contributed by atoms with E-state index in [4.69, 9.17) is 11.6 Å². The molecule has 136 valence electrons. The Labute approximate surface area is 156 Å². The highest BCUT2D eigenvalue weighted by molar-refractivity contribution is 7.92. The number of aromatic nitrogens is 2. The summed E-state index contributed by atoms with van der Waals surface area (Å²) in [5, 5.41) is 4.51. The van der Waals surface area contributed by atoms with E-state index < -0.39 is 10.0 Å². The number of halogens is 2. The topological polar surface area (TPSA) is 64.0 Å². The largest absolute Gasteiger partial charge is 0.276 e. The second-order valence-corrected chi connectivity index (χ2v) is 7.93. The number of sulfonamides is 1. The zero-order valence-corrected chi connectivity index (χ0v) is 15.8. The normalized spacial score (nSPS) is 11.5. The Balaban J connectivity index is 1.92. The van der Waals surface area contributed by atoms with Crippen LogP contribution in [-0.4, -0.2) is 18.2 Å². The number of aryl methyl sites for hydroxylation is 1. The Morgan fingerprint density at radius 2 is 1.88 bits per heavy atom. The van der Waals surface area contributed by atoms with Crippen molar-refractivity contribution in [2.45, 2.75) is 25.3 Å². The van der Waals surface area contributed by atoms with Gasteiger partial charge in [0.25, 0.3) is 10.0 Å². The molecule has 0 spiro atoms. The summed E-state index contributed by atoms with van der Waals surface area (Å²) in [6.45, 7) is 3.79. The van der Waals surface area contributed by atoms with Crippen molar-refractivity contribution in [2.75, 3.05) is 4.72 Å². The van der Waals surface area contributed by atoms with Crippen LogP contribution < -0.4 is 4.72 Å². The summed E-state index contributed by atoms with van der Waals surface area (Å²) in [5.74, 6) is -0.330. The van der Waals surface area contributed by atoms with Gasteiger partial charge >= 0.3 is 0 Å². The van der Waals surface area contributed by atoms with Crippen molar-refractivity contribution in [3.05, 3.63) is 76.3 Å². The SMILES string of the molecule is Cc1nn(Cc2cccc(F)c2)c(C)c1NS(=O)(=O)c1ccccc1Cl. The van der Waals surface area contributed by atoms with Crippen LogP contribution in [0.25, 0.3) is 0 Å². The highest BCUT2D eigenvalue weighted by atomic mass is 35.5. The Morgan fingerprint density at radius 3 is 2.58 bits per heavy atom. The van der Waals surface area contributed by atoms with Gasteiger partial charge in [-0.1, -0.05) is 35.9 Å². The molecule has 1 aromatic heterocycles. The van der Waals surface area contributed by atoms with Crippen molar-refractivity contribution >= 4 is 27.3 Å². The zero-order valence-electron chi connectivity index (χ0n) is 14.2. The first-order valence-corrected chi connectivity index (χ1v) is 9.70. The lowest BCUT2D eigenvalue weighted by atomic mass is 10.2. The molecule has 0 saturated carbocycles. The lowest BCUT2D eigenvalue weighted by molar-refractivity contribution is 0.601. The van der Waals surface area contributed by atoms with Crippen LogP contribution in [-0.2, 0) is 16.6 Å². The quantitative estimate of drug-likeness (QED) is 0.708. The summed E-state index contributed by atoms with van der Waals surface area (Å²) in [6.07, 6.45) is 0. The van der Waals surface area contributed by atoms with Crippen LogP contribution in [0.2, 0.25) is 5.02 Å². The molecule has 0 atom stereocenters. The molecule has 5 nitrogen and oxygen atoms in total. The first-order chi connectivity index (χ1) is 12.3. The summed E-state index contributed by atoms with van der Waals surface area (Å²) >= 11 is 6.01. The Kier molecular flexibility index (Phi) is 5.02. The van der Waals surface area contributed by atoms with Gasteiger partial charge in [0.2, 0.25) is 0 Å². The Morgan fingerprint density at radius 1 is 1.15 bits per heavy atom. The van der Waals surface area contributed by atoms with Crippen molar-refractivity contribution in [3.8, 4) is 0 Å². The van der Waals surface area contributed by atoms with Gasteiger partial charge in [0.15, 0.2) is 0 Å². The van der Waals surface area contributed by atoms with Gasteiger partial charge in [-0.15, -0.1) is 0 Å². The molecule has 1 N–H and O–H groups in total. The summed E-state index contributed by atoms with van der Waals surface area (Å²) < 4.78 is 42.9. The average Bonchev–Trinajstić information content (AvgIpc) is 2.82. The third-order valence-corrected chi connectivity index (χ3v) is 5.81. The van der Waals surface area contributed by atoms with Crippen molar-refractivity contribution < 1.29 is 12.8 Å². The highest BCUT2D eigenvalue weighted by Crippen LogP contribution is 2.27. The van der Waals surface area contributed by atoms with Gasteiger partial charge < -0.3 is 0 Å². The maximum absolute atomic E-state index is 13.4. The smallest absolute Gasteiger partial charge is 0.263 e. The molecule has 3 rings (SSSR count). The van der Waals surface area contributed by atoms with E-state index in [0.29, 0.717) is 23.6 Å². The third kappa shape index (κ3) is 3.73. The summed E-state index contributed by atoms with van der Waals surface area (Å²) in [4.78, 5) is -0.00153. The molecule has 8 heteroatoms. The lowest BCUT2D eigenvalue weighted by Crippen LogP contribution is -2.14. The van der Waals surface area contributed by atoms with E-state index in [-0.39, 0.29) is 15.7 Å². The predicted octanol–water partition coefficient (Wildman–Crippen LogP) is 4.14. The van der Waals surface area contributed by atoms with Gasteiger partial charge in [-0.05, 0) is 43.7 Å². The third-order valence-electron chi connectivity index (χ3n) is 3.97. The van der Waals surface area contributed by atoms with Gasteiger partial charge in [-0.2, -0.15) is 5.10 Å². The van der Waals surface area contributed by atoms with Gasteiger partial charge in [0, 0.05) is 0 Å². The molecule has 3 aromatic rings. The van der Waals surface area contributed by atoms with Crippen LogP contribution in [0, 0.1) is 19.7 Å². The van der Waals surface area contributed by atoms with Crippen molar-refractivity contribution in [1.29, 1.82) is 0 Å². The molecule has 0 radical (unpaired) electrons. The van der Waals surface area contributed by atoms with Gasteiger partial charge in [-0.3, -0.25) is 9.40 Å². The van der Waals surface area contributed by atoms with Gasteiger partial charge in [-0.25, -0.2) is 12.8 Å². The van der Waals surface area contributed by atoms with Crippen LogP contribution in [0.3, 0.4) is 0 Å². The van der Waals surface area contributed by atoms with Crippen LogP contribution in [0.1, 0.15) is 17.0 Å². The molecule has 0 fully saturated rings. The molecular formula is C18H17ClFN3O2S. The molecule has 0 aliphatic heterocycles. The fourth-order valence-corrected chi connectivity index (χ4v) is 4.36. The highest BCUT2D eigenvalue weighted by Gasteiger charge is 2.22. The molecule has 0 aliphatic carbocycles. The maximum Gasteiger partial charge on any atom is 0.263 e. The first kappa shape index (κ1) is 18.4. The lowest BCUT2D eigenvalue weighted by Gasteiger charge is -2.10. The summed E-state index contributed by atoms with van der Waals surface area (Å²) in [5.41, 5.74) is 2.27. The standard InChI is InChI=1S/C18H17ClFN3O2S/c1-12-18(22-26(24,25)17-9-4-3-8-16(17)19)13(2)23(21-12)11-14-6-5-7-15(20)10-14/h3-10,22H,11H2,1-2H3. The van der Waals surface area contributed by atoms with Crippen molar-refractivity contribution in [3.63, 3.8) is 0 Å². The first-order valence-electron chi connectivity index (χ1n) is 7.84. The predicted molar refractivity (Wildman–Crippen MR) is 99.5 cm³/mol. The molecule has 0 amide bonds. The molecule has 0 bridgehead atoms. The van der Waals surface area contributed by atoms with E-state index in [0.717, 1.165) is 5.56 Å². The molecular weight excluding hydrogens is 377 g/mol. The van der Waals surface area contributed by atoms with E-state index in [1.165, 1.54) is 24.3 Å². The second kappa shape index (κ2) is 7.09. The number of hydrogen-bond acceptors (Lipinski definition) is 3. The Bertz CT molecular complexity index is 1060. The number of benzene rings is 2. The monoisotopic (exact) mass is 393 g/mol. The average molecular weight is 394 g/mol. The number of nitrogens with zero attached hydrogens (tertiary/aromatic N) is 2. The molecule has 2 aromatic carbocycles. The van der Waals surface area contributed by atoms with Crippen LogP contribution >= 0.6 is 11.6 Å². The van der Waals surface area contributed by atoms with Gasteiger partial charge in [0.05, 0.1) is 28.6 Å². The second-order valence-electron chi connectivity index (χ2n) is 5.87. The molecule has 26 heavy (non-hydrogen) atoms. The Hall–Kier alpha value is -2.38. The minimum absolute atomic E-state index is 0.00153. The number of nitrogens with one attached hydrogen (secondary N) is 1. The molecule has 0 unspecified atom stereocenters. The number of rotatable bonds is 5. The van der Waals surface area contributed by atoms with Crippen molar-refractivity contribution in [2.24, 2.45) is 0 Å². The fraction of sp³-hybridized carbons (Fsp3) is 0.167. The van der Waals surface area contributed by atoms with E-state index in [9.17, 15) is 12.8 Å². The molecule has 0 aliphatic rings.